The Hall–Kier alpha value is -2.95. The Morgan fingerprint density at radius 3 is 2.84 bits per heavy atom. The van der Waals surface area contributed by atoms with Crippen LogP contribution < -0.4 is 15.0 Å². The summed E-state index contributed by atoms with van der Waals surface area (Å²) in [5.74, 6) is 1.97. The number of anilines is 1. The second-order valence-electron chi connectivity index (χ2n) is 9.89. The Balaban J connectivity index is 1.32. The summed E-state index contributed by atoms with van der Waals surface area (Å²) in [4.78, 5) is 14.9. The van der Waals surface area contributed by atoms with Crippen molar-refractivity contribution in [3.05, 3.63) is 59.3 Å². The molecule has 3 aromatic rings. The lowest BCUT2D eigenvalue weighted by molar-refractivity contribution is -0.122. The number of amides is 1. The lowest BCUT2D eigenvalue weighted by Gasteiger charge is -2.55. The van der Waals surface area contributed by atoms with Gasteiger partial charge in [0.25, 0.3) is 0 Å². The van der Waals surface area contributed by atoms with E-state index in [4.69, 9.17) is 4.74 Å². The molecule has 5 heteroatoms. The zero-order chi connectivity index (χ0) is 21.4. The zero-order valence-corrected chi connectivity index (χ0v) is 18.6. The Bertz CT molecular complexity index is 1260. The summed E-state index contributed by atoms with van der Waals surface area (Å²) in [5, 5.41) is 4.55. The summed E-state index contributed by atoms with van der Waals surface area (Å²) < 4.78 is 8.25. The average molecular weight is 428 g/mol. The number of nitrogens with one attached hydrogen (secondary N) is 1. The molecular weight excluding hydrogens is 398 g/mol. The van der Waals surface area contributed by atoms with E-state index in [1.165, 1.54) is 46.3 Å². The standard InChI is InChI=1S/C27H29N3O2/c1-32-18-8-9-23-21(16-18)22-10-13-27(22)29(23)15-12-25-20(11-14-28-26(31)17-6-7-17)19-4-2-3-5-24(19)30(25)27/h2-5,8-9,16-17,22H,6-7,10-15H2,1H3,(H,28,31). The van der Waals surface area contributed by atoms with Gasteiger partial charge >= 0.3 is 0 Å². The number of carbonyl (C=O) groups is 1. The highest BCUT2D eigenvalue weighted by Crippen LogP contribution is 2.64. The Morgan fingerprint density at radius 2 is 2.06 bits per heavy atom. The number of hydrogen-bond acceptors (Lipinski definition) is 3. The predicted molar refractivity (Wildman–Crippen MR) is 125 cm³/mol. The minimum atomic E-state index is 0.0113. The molecule has 2 fully saturated rings. The van der Waals surface area contributed by atoms with Crippen LogP contribution in [0.5, 0.6) is 5.75 Å². The normalized spacial score (nSPS) is 24.9. The second kappa shape index (κ2) is 6.53. The molecule has 0 bridgehead atoms. The molecule has 4 aliphatic rings. The molecule has 1 amide bonds. The summed E-state index contributed by atoms with van der Waals surface area (Å²) in [5.41, 5.74) is 7.10. The van der Waals surface area contributed by atoms with Gasteiger partial charge in [0.1, 0.15) is 11.4 Å². The van der Waals surface area contributed by atoms with Crippen LogP contribution in [-0.2, 0) is 23.3 Å². The molecule has 2 aliphatic heterocycles. The van der Waals surface area contributed by atoms with Gasteiger partial charge in [0, 0.05) is 48.1 Å². The SMILES string of the molecule is COc1ccc2c(c1)C1CCC13N2CCc1c(CCNC(=O)C2CC2)c2ccccc2n13. The van der Waals surface area contributed by atoms with Gasteiger partial charge in [-0.15, -0.1) is 0 Å². The highest BCUT2D eigenvalue weighted by Gasteiger charge is 2.61. The highest BCUT2D eigenvalue weighted by molar-refractivity contribution is 5.87. The predicted octanol–water partition coefficient (Wildman–Crippen LogP) is 4.33. The molecule has 2 aromatic carbocycles. The van der Waals surface area contributed by atoms with E-state index in [2.05, 4.69) is 57.2 Å². The number of fused-ring (bicyclic) bond motifs is 6. The number of ether oxygens (including phenoxy) is 1. The number of para-hydroxylation sites is 1. The smallest absolute Gasteiger partial charge is 0.223 e. The van der Waals surface area contributed by atoms with Gasteiger partial charge in [0.2, 0.25) is 5.91 Å². The van der Waals surface area contributed by atoms with E-state index < -0.39 is 0 Å². The van der Waals surface area contributed by atoms with Crippen molar-refractivity contribution in [1.29, 1.82) is 0 Å². The second-order valence-corrected chi connectivity index (χ2v) is 9.89. The lowest BCUT2D eigenvalue weighted by Crippen LogP contribution is -2.60. The number of methoxy groups -OCH3 is 1. The van der Waals surface area contributed by atoms with Crippen molar-refractivity contribution < 1.29 is 9.53 Å². The van der Waals surface area contributed by atoms with Gasteiger partial charge in [0.05, 0.1) is 12.6 Å². The van der Waals surface area contributed by atoms with Gasteiger partial charge in [-0.25, -0.2) is 0 Å². The summed E-state index contributed by atoms with van der Waals surface area (Å²) in [7, 11) is 1.76. The first-order chi connectivity index (χ1) is 15.7. The lowest BCUT2D eigenvalue weighted by atomic mass is 9.70. The molecule has 2 atom stereocenters. The third-order valence-electron chi connectivity index (χ3n) is 8.40. The van der Waals surface area contributed by atoms with Crippen LogP contribution in [0.2, 0.25) is 0 Å². The Kier molecular flexibility index (Phi) is 3.80. The molecule has 5 nitrogen and oxygen atoms in total. The summed E-state index contributed by atoms with van der Waals surface area (Å²) >= 11 is 0. The summed E-state index contributed by atoms with van der Waals surface area (Å²) in [6.07, 6.45) is 6.46. The number of benzene rings is 2. The molecule has 1 spiro atoms. The highest BCUT2D eigenvalue weighted by atomic mass is 16.5. The molecule has 32 heavy (non-hydrogen) atoms. The zero-order valence-electron chi connectivity index (χ0n) is 18.6. The van der Waals surface area contributed by atoms with Crippen LogP contribution in [0, 0.1) is 5.92 Å². The number of carbonyl (C=O) groups excluding carboxylic acids is 1. The van der Waals surface area contributed by atoms with E-state index >= 15 is 0 Å². The van der Waals surface area contributed by atoms with Crippen molar-refractivity contribution in [2.24, 2.45) is 5.92 Å². The molecule has 2 saturated carbocycles. The van der Waals surface area contributed by atoms with Crippen LogP contribution in [0.1, 0.15) is 48.4 Å². The summed E-state index contributed by atoms with van der Waals surface area (Å²) in [6.45, 7) is 1.78. The quantitative estimate of drug-likeness (QED) is 0.660. The van der Waals surface area contributed by atoms with Gasteiger partial charge < -0.3 is 19.5 Å². The molecule has 1 aromatic heterocycles. The molecule has 2 aliphatic carbocycles. The number of nitrogens with zero attached hydrogens (tertiary/aromatic N) is 2. The van der Waals surface area contributed by atoms with Crippen LogP contribution in [-0.4, -0.2) is 30.7 Å². The summed E-state index contributed by atoms with van der Waals surface area (Å²) in [6, 6.07) is 15.5. The molecule has 164 valence electrons. The van der Waals surface area contributed by atoms with E-state index in [1.54, 1.807) is 7.11 Å². The first-order valence-electron chi connectivity index (χ1n) is 12.1. The Morgan fingerprint density at radius 1 is 1.19 bits per heavy atom. The Labute approximate surface area is 188 Å². The number of hydrogen-bond donors (Lipinski definition) is 1. The fourth-order valence-electron chi connectivity index (χ4n) is 6.73. The van der Waals surface area contributed by atoms with Crippen molar-refractivity contribution >= 4 is 22.5 Å². The first kappa shape index (κ1) is 18.6. The van der Waals surface area contributed by atoms with Crippen molar-refractivity contribution in [1.82, 2.24) is 9.88 Å². The van der Waals surface area contributed by atoms with Crippen molar-refractivity contribution in [3.8, 4) is 5.75 Å². The van der Waals surface area contributed by atoms with Gasteiger partial charge in [-0.3, -0.25) is 4.79 Å². The maximum atomic E-state index is 12.2. The molecule has 3 heterocycles. The van der Waals surface area contributed by atoms with E-state index in [-0.39, 0.29) is 17.5 Å². The topological polar surface area (TPSA) is 46.5 Å². The number of rotatable bonds is 5. The fraction of sp³-hybridized carbons (Fsp3) is 0.444. The van der Waals surface area contributed by atoms with Crippen LogP contribution >= 0.6 is 0 Å². The number of aromatic nitrogens is 1. The molecular formula is C27H29N3O2. The van der Waals surface area contributed by atoms with Crippen LogP contribution in [0.25, 0.3) is 10.9 Å². The molecule has 2 unspecified atom stereocenters. The van der Waals surface area contributed by atoms with Crippen molar-refractivity contribution in [3.63, 3.8) is 0 Å². The van der Waals surface area contributed by atoms with Crippen molar-refractivity contribution in [2.75, 3.05) is 25.1 Å². The van der Waals surface area contributed by atoms with Crippen LogP contribution in [0.15, 0.2) is 42.5 Å². The van der Waals surface area contributed by atoms with Gasteiger partial charge in [-0.1, -0.05) is 18.2 Å². The molecule has 1 N–H and O–H groups in total. The molecule has 0 radical (unpaired) electrons. The fourth-order valence-corrected chi connectivity index (χ4v) is 6.73. The van der Waals surface area contributed by atoms with E-state index in [1.807, 2.05) is 0 Å². The third kappa shape index (κ3) is 2.31. The van der Waals surface area contributed by atoms with Gasteiger partial charge in [0.15, 0.2) is 0 Å². The monoisotopic (exact) mass is 427 g/mol. The van der Waals surface area contributed by atoms with E-state index in [9.17, 15) is 4.79 Å². The minimum Gasteiger partial charge on any atom is -0.497 e. The van der Waals surface area contributed by atoms with E-state index in [0.717, 1.165) is 44.5 Å². The first-order valence-corrected chi connectivity index (χ1v) is 12.1. The van der Waals surface area contributed by atoms with Gasteiger partial charge in [-0.05, 0) is 67.5 Å². The van der Waals surface area contributed by atoms with Crippen LogP contribution in [0.3, 0.4) is 0 Å². The largest absolute Gasteiger partial charge is 0.497 e. The minimum absolute atomic E-state index is 0.0113. The third-order valence-corrected chi connectivity index (χ3v) is 8.40. The van der Waals surface area contributed by atoms with Crippen molar-refractivity contribution in [2.45, 2.75) is 50.1 Å². The average Bonchev–Trinajstić information content (AvgIpc) is 3.58. The van der Waals surface area contributed by atoms with Crippen LogP contribution in [0.4, 0.5) is 5.69 Å². The molecule has 0 saturated heterocycles. The maximum Gasteiger partial charge on any atom is 0.223 e. The molecule has 7 rings (SSSR count). The van der Waals surface area contributed by atoms with E-state index in [0.29, 0.717) is 5.92 Å². The maximum absolute atomic E-state index is 12.2. The van der Waals surface area contributed by atoms with Gasteiger partial charge in [-0.2, -0.15) is 0 Å².